The Morgan fingerprint density at radius 1 is 1.38 bits per heavy atom. The molecule has 0 saturated carbocycles. The van der Waals surface area contributed by atoms with E-state index in [0.29, 0.717) is 4.69 Å². The molecular weight excluding hydrogens is 271 g/mol. The number of anilines is 1. The minimum atomic E-state index is -0.838. The van der Waals surface area contributed by atoms with Crippen molar-refractivity contribution in [1.82, 2.24) is 4.98 Å². The molecule has 0 fully saturated rings. The molecule has 1 aromatic heterocycles. The van der Waals surface area contributed by atoms with Gasteiger partial charge in [-0.25, -0.2) is 0 Å². The molecule has 0 aliphatic heterocycles. The van der Waals surface area contributed by atoms with Crippen molar-refractivity contribution in [3.8, 4) is 11.3 Å². The Labute approximate surface area is 98.5 Å². The molecule has 82 valence electrons. The molecule has 2 aromatic rings. The number of aliphatic carboxylic acids is 1. The SMILES string of the molecule is Nc1nc(-c2ccccc2)c(CC(=O)O)[se]1. The molecule has 1 heterocycles. The molecular formula is C11H10N2O2Se. The summed E-state index contributed by atoms with van der Waals surface area (Å²) in [5.41, 5.74) is 7.34. The van der Waals surface area contributed by atoms with Crippen LogP contribution in [0.3, 0.4) is 0 Å². The van der Waals surface area contributed by atoms with Crippen molar-refractivity contribution in [3.63, 3.8) is 0 Å². The van der Waals surface area contributed by atoms with Gasteiger partial charge in [0, 0.05) is 0 Å². The average Bonchev–Trinajstić information content (AvgIpc) is 2.60. The average molecular weight is 281 g/mol. The summed E-state index contributed by atoms with van der Waals surface area (Å²) < 4.78 is 1.38. The van der Waals surface area contributed by atoms with Crippen LogP contribution in [-0.2, 0) is 11.2 Å². The second kappa shape index (κ2) is 4.51. The van der Waals surface area contributed by atoms with Crippen LogP contribution in [0.2, 0.25) is 0 Å². The van der Waals surface area contributed by atoms with Crippen LogP contribution in [0.5, 0.6) is 0 Å². The molecule has 0 spiro atoms. The van der Waals surface area contributed by atoms with E-state index in [1.807, 2.05) is 30.3 Å². The Morgan fingerprint density at radius 2 is 2.06 bits per heavy atom. The van der Waals surface area contributed by atoms with Crippen molar-refractivity contribution in [3.05, 3.63) is 34.8 Å². The molecule has 0 saturated heterocycles. The summed E-state index contributed by atoms with van der Waals surface area (Å²) in [5.74, 6) is -0.838. The van der Waals surface area contributed by atoms with E-state index in [2.05, 4.69) is 4.98 Å². The van der Waals surface area contributed by atoms with Crippen molar-refractivity contribution in [2.45, 2.75) is 6.42 Å². The summed E-state index contributed by atoms with van der Waals surface area (Å²) in [7, 11) is 0. The van der Waals surface area contributed by atoms with Gasteiger partial charge in [0.1, 0.15) is 0 Å². The second-order valence-electron chi connectivity index (χ2n) is 3.26. The van der Waals surface area contributed by atoms with E-state index in [1.165, 1.54) is 0 Å². The number of aromatic nitrogens is 1. The topological polar surface area (TPSA) is 76.2 Å². The van der Waals surface area contributed by atoms with E-state index < -0.39 is 5.97 Å². The molecule has 0 aliphatic rings. The van der Waals surface area contributed by atoms with Gasteiger partial charge in [-0.1, -0.05) is 0 Å². The van der Waals surface area contributed by atoms with Crippen LogP contribution in [0.4, 0.5) is 4.69 Å². The predicted octanol–water partition coefficient (Wildman–Crippen LogP) is 1.01. The van der Waals surface area contributed by atoms with Gasteiger partial charge in [0.2, 0.25) is 0 Å². The first kappa shape index (κ1) is 10.9. The zero-order valence-electron chi connectivity index (χ0n) is 8.38. The van der Waals surface area contributed by atoms with Crippen LogP contribution < -0.4 is 5.73 Å². The molecule has 4 nitrogen and oxygen atoms in total. The number of hydrogen-bond acceptors (Lipinski definition) is 3. The molecule has 0 unspecified atom stereocenters. The third-order valence-electron chi connectivity index (χ3n) is 2.07. The first-order chi connectivity index (χ1) is 7.66. The van der Waals surface area contributed by atoms with Gasteiger partial charge >= 0.3 is 98.2 Å². The van der Waals surface area contributed by atoms with E-state index >= 15 is 0 Å². The fraction of sp³-hybridized carbons (Fsp3) is 0.0909. The van der Waals surface area contributed by atoms with Crippen molar-refractivity contribution < 1.29 is 9.90 Å². The molecule has 16 heavy (non-hydrogen) atoms. The quantitative estimate of drug-likeness (QED) is 0.823. The van der Waals surface area contributed by atoms with Crippen LogP contribution in [0.25, 0.3) is 11.3 Å². The first-order valence-corrected chi connectivity index (χ1v) is 6.40. The minimum absolute atomic E-state index is 0.0222. The Morgan fingerprint density at radius 3 is 2.69 bits per heavy atom. The van der Waals surface area contributed by atoms with Crippen molar-refractivity contribution in [2.24, 2.45) is 0 Å². The zero-order valence-corrected chi connectivity index (χ0v) is 10.1. The van der Waals surface area contributed by atoms with Gasteiger partial charge in [-0.3, -0.25) is 0 Å². The number of rotatable bonds is 3. The summed E-state index contributed by atoms with van der Waals surface area (Å²) in [6.45, 7) is 0. The van der Waals surface area contributed by atoms with Crippen LogP contribution in [0.15, 0.2) is 30.3 Å². The number of carbonyl (C=O) groups is 1. The number of carboxylic acids is 1. The van der Waals surface area contributed by atoms with E-state index in [9.17, 15) is 4.79 Å². The van der Waals surface area contributed by atoms with Crippen molar-refractivity contribution in [2.75, 3.05) is 5.73 Å². The summed E-state index contributed by atoms with van der Waals surface area (Å²) in [6.07, 6.45) is 0.0222. The van der Waals surface area contributed by atoms with Gasteiger partial charge in [0.05, 0.1) is 0 Å². The summed E-state index contributed by atoms with van der Waals surface area (Å²) in [5, 5.41) is 8.81. The number of nitrogens with two attached hydrogens (primary N) is 1. The number of hydrogen-bond donors (Lipinski definition) is 2. The third-order valence-corrected chi connectivity index (χ3v) is 3.93. The normalized spacial score (nSPS) is 10.2. The van der Waals surface area contributed by atoms with Gasteiger partial charge in [0.25, 0.3) is 0 Å². The monoisotopic (exact) mass is 282 g/mol. The molecule has 0 amide bonds. The van der Waals surface area contributed by atoms with E-state index in [0.717, 1.165) is 15.7 Å². The van der Waals surface area contributed by atoms with Gasteiger partial charge in [-0.15, -0.1) is 0 Å². The molecule has 0 radical (unpaired) electrons. The number of nitrogens with zero attached hydrogens (tertiary/aromatic N) is 1. The standard InChI is InChI=1S/C11H10N2O2Se/c12-11-13-10(7-4-2-1-3-5-7)8(16-11)6-9(14)15/h1-5H,6H2,(H2,12,13)(H,14,15). The fourth-order valence-electron chi connectivity index (χ4n) is 1.45. The van der Waals surface area contributed by atoms with Gasteiger partial charge in [-0.2, -0.15) is 0 Å². The molecule has 0 atom stereocenters. The molecule has 2 rings (SSSR count). The third kappa shape index (κ3) is 2.32. The zero-order chi connectivity index (χ0) is 11.5. The molecule has 1 aromatic carbocycles. The maximum absolute atomic E-state index is 10.7. The molecule has 5 heteroatoms. The number of benzene rings is 1. The summed E-state index contributed by atoms with van der Waals surface area (Å²) in [4.78, 5) is 15.0. The maximum atomic E-state index is 10.7. The second-order valence-corrected chi connectivity index (χ2v) is 5.60. The van der Waals surface area contributed by atoms with E-state index in [4.69, 9.17) is 10.8 Å². The van der Waals surface area contributed by atoms with Crippen LogP contribution in [0.1, 0.15) is 4.44 Å². The van der Waals surface area contributed by atoms with Crippen LogP contribution in [-0.4, -0.2) is 30.6 Å². The van der Waals surface area contributed by atoms with Crippen LogP contribution >= 0.6 is 0 Å². The van der Waals surface area contributed by atoms with E-state index in [-0.39, 0.29) is 20.9 Å². The Kier molecular flexibility index (Phi) is 3.08. The van der Waals surface area contributed by atoms with Crippen LogP contribution in [0, 0.1) is 0 Å². The van der Waals surface area contributed by atoms with Gasteiger partial charge in [-0.05, 0) is 0 Å². The summed E-state index contributed by atoms with van der Waals surface area (Å²) in [6, 6.07) is 9.54. The Balaban J connectivity index is 2.44. The van der Waals surface area contributed by atoms with Crippen molar-refractivity contribution in [1.29, 1.82) is 0 Å². The fourth-order valence-corrected chi connectivity index (χ4v) is 3.22. The van der Waals surface area contributed by atoms with Gasteiger partial charge < -0.3 is 0 Å². The molecule has 0 aliphatic carbocycles. The van der Waals surface area contributed by atoms with Gasteiger partial charge in [0.15, 0.2) is 0 Å². The first-order valence-electron chi connectivity index (χ1n) is 4.69. The summed E-state index contributed by atoms with van der Waals surface area (Å²) >= 11 is -0.121. The predicted molar refractivity (Wildman–Crippen MR) is 62.4 cm³/mol. The van der Waals surface area contributed by atoms with Crippen molar-refractivity contribution >= 4 is 25.2 Å². The number of nitrogen functional groups attached to an aromatic ring is 1. The molecule has 3 N–H and O–H groups in total. The van der Waals surface area contributed by atoms with E-state index in [1.54, 1.807) is 0 Å². The molecule has 0 bridgehead atoms. The number of carboxylic acid groups (broad SMARTS) is 1. The Hall–Kier alpha value is -1.58. The Bertz CT molecular complexity index is 508.